The van der Waals surface area contributed by atoms with Gasteiger partial charge < -0.3 is 14.4 Å². The van der Waals surface area contributed by atoms with Crippen molar-refractivity contribution in [1.82, 2.24) is 9.80 Å². The molecule has 6 nitrogen and oxygen atoms in total. The van der Waals surface area contributed by atoms with E-state index < -0.39 is 0 Å². The normalized spacial score (nSPS) is 19.2. The first-order valence-electron chi connectivity index (χ1n) is 11.6. The van der Waals surface area contributed by atoms with E-state index in [1.807, 2.05) is 6.07 Å². The molecule has 32 heavy (non-hydrogen) atoms. The summed E-state index contributed by atoms with van der Waals surface area (Å²) in [5.41, 5.74) is 4.04. The molecule has 0 amide bonds. The Balaban J connectivity index is 1.40. The maximum Gasteiger partial charge on any atom is 0.313 e. The van der Waals surface area contributed by atoms with Gasteiger partial charge in [0.25, 0.3) is 0 Å². The van der Waals surface area contributed by atoms with Crippen LogP contribution in [0.1, 0.15) is 36.5 Å². The van der Waals surface area contributed by atoms with Gasteiger partial charge in [-0.15, -0.1) is 0 Å². The van der Waals surface area contributed by atoms with Gasteiger partial charge >= 0.3 is 5.97 Å². The molecule has 3 aliphatic rings. The molecule has 2 heterocycles. The van der Waals surface area contributed by atoms with Crippen LogP contribution in [0.15, 0.2) is 41.4 Å². The molecule has 2 aliphatic heterocycles. The molecular formula is C26H31N3O3. The van der Waals surface area contributed by atoms with Gasteiger partial charge in [0.2, 0.25) is 0 Å². The fraction of sp³-hybridized carbons (Fsp3) is 0.462. The van der Waals surface area contributed by atoms with Crippen molar-refractivity contribution < 1.29 is 14.3 Å². The molecule has 0 N–H and O–H groups in total. The topological polar surface area (TPSA) is 54.4 Å². The number of amidine groups is 1. The van der Waals surface area contributed by atoms with Crippen molar-refractivity contribution in [2.75, 3.05) is 39.8 Å². The molecule has 168 valence electrons. The van der Waals surface area contributed by atoms with Crippen molar-refractivity contribution in [3.63, 3.8) is 0 Å². The molecular weight excluding hydrogens is 402 g/mol. The summed E-state index contributed by atoms with van der Waals surface area (Å²) in [5.74, 6) is 2.59. The lowest BCUT2D eigenvalue weighted by atomic mass is 10.1. The number of benzene rings is 2. The summed E-state index contributed by atoms with van der Waals surface area (Å²) in [6.07, 6.45) is 2.84. The molecule has 2 aromatic rings. The highest BCUT2D eigenvalue weighted by molar-refractivity contribution is 6.04. The first-order chi connectivity index (χ1) is 15.5. The van der Waals surface area contributed by atoms with Gasteiger partial charge in [-0.2, -0.15) is 0 Å². The molecule has 0 spiro atoms. The molecule has 1 aliphatic carbocycles. The minimum atomic E-state index is -0.273. The van der Waals surface area contributed by atoms with Crippen LogP contribution in [0.4, 0.5) is 5.69 Å². The van der Waals surface area contributed by atoms with E-state index in [1.165, 1.54) is 12.7 Å². The van der Waals surface area contributed by atoms with Crippen molar-refractivity contribution in [2.45, 2.75) is 33.1 Å². The minimum absolute atomic E-state index is 0.0576. The van der Waals surface area contributed by atoms with E-state index in [2.05, 4.69) is 54.0 Å². The Morgan fingerprint density at radius 2 is 1.88 bits per heavy atom. The van der Waals surface area contributed by atoms with E-state index in [1.54, 1.807) is 0 Å². The number of nitrogens with zero attached hydrogens (tertiary/aromatic N) is 3. The van der Waals surface area contributed by atoms with Crippen molar-refractivity contribution >= 4 is 17.5 Å². The summed E-state index contributed by atoms with van der Waals surface area (Å²) in [7, 11) is 1.49. The van der Waals surface area contributed by atoms with E-state index in [0.717, 1.165) is 86.1 Å². The second-order valence-electron chi connectivity index (χ2n) is 9.23. The van der Waals surface area contributed by atoms with Crippen LogP contribution < -0.4 is 4.74 Å². The number of carbonyl (C=O) groups is 1. The lowest BCUT2D eigenvalue weighted by Crippen LogP contribution is -2.51. The van der Waals surface area contributed by atoms with Crippen LogP contribution in [0, 0.1) is 12.3 Å². The number of esters is 1. The molecule has 1 saturated heterocycles. The Bertz CT molecular complexity index is 1070. The van der Waals surface area contributed by atoms with Crippen LogP contribution in [0.3, 0.4) is 0 Å². The highest BCUT2D eigenvalue weighted by Crippen LogP contribution is 2.47. The predicted molar refractivity (Wildman–Crippen MR) is 125 cm³/mol. The fourth-order valence-electron chi connectivity index (χ4n) is 4.73. The number of rotatable bonds is 4. The molecule has 1 saturated carbocycles. The molecule has 6 heteroatoms. The summed E-state index contributed by atoms with van der Waals surface area (Å²) in [6.45, 7) is 8.57. The largest absolute Gasteiger partial charge is 0.469 e. The Hall–Kier alpha value is -2.86. The van der Waals surface area contributed by atoms with E-state index in [-0.39, 0.29) is 11.4 Å². The summed E-state index contributed by atoms with van der Waals surface area (Å²) >= 11 is 0. The first kappa shape index (κ1) is 21.0. The second kappa shape index (κ2) is 8.24. The van der Waals surface area contributed by atoms with Crippen LogP contribution in [-0.4, -0.2) is 61.4 Å². The van der Waals surface area contributed by atoms with Gasteiger partial charge in [0.05, 0.1) is 18.1 Å². The number of methoxy groups -OCH3 is 1. The van der Waals surface area contributed by atoms with Gasteiger partial charge in [-0.05, 0) is 61.6 Å². The maximum absolute atomic E-state index is 12.2. The number of carbonyl (C=O) groups excluding carboxylic acids is 1. The minimum Gasteiger partial charge on any atom is -0.469 e. The van der Waals surface area contributed by atoms with Gasteiger partial charge in [0, 0.05) is 32.7 Å². The number of hydrogen-bond acceptors (Lipinski definition) is 6. The third kappa shape index (κ3) is 3.88. The Morgan fingerprint density at radius 1 is 1.09 bits per heavy atom. The Morgan fingerprint density at radius 3 is 2.56 bits per heavy atom. The predicted octanol–water partition coefficient (Wildman–Crippen LogP) is 4.31. The highest BCUT2D eigenvalue weighted by atomic mass is 16.5. The van der Waals surface area contributed by atoms with E-state index in [9.17, 15) is 4.79 Å². The van der Waals surface area contributed by atoms with Crippen molar-refractivity contribution in [3.8, 4) is 11.5 Å². The number of aryl methyl sites for hydroxylation is 2. The van der Waals surface area contributed by atoms with Crippen LogP contribution in [0.5, 0.6) is 11.5 Å². The van der Waals surface area contributed by atoms with Gasteiger partial charge in [0.15, 0.2) is 5.75 Å². The molecule has 0 unspecified atom stereocenters. The zero-order valence-corrected chi connectivity index (χ0v) is 19.2. The molecule has 5 rings (SSSR count). The van der Waals surface area contributed by atoms with Gasteiger partial charge in [-0.1, -0.05) is 19.1 Å². The number of aliphatic imine (C=N–C) groups is 1. The van der Waals surface area contributed by atoms with Crippen LogP contribution in [0.2, 0.25) is 0 Å². The molecule has 2 fully saturated rings. The zero-order chi connectivity index (χ0) is 22.3. The Kier molecular flexibility index (Phi) is 5.41. The highest BCUT2D eigenvalue weighted by Gasteiger charge is 2.52. The third-order valence-electron chi connectivity index (χ3n) is 6.93. The average Bonchev–Trinajstić information content (AvgIpc) is 3.61. The van der Waals surface area contributed by atoms with E-state index in [4.69, 9.17) is 14.5 Å². The van der Waals surface area contributed by atoms with Gasteiger partial charge in [-0.25, -0.2) is 4.99 Å². The fourth-order valence-corrected chi connectivity index (χ4v) is 4.73. The van der Waals surface area contributed by atoms with Crippen molar-refractivity contribution in [3.05, 3.63) is 53.1 Å². The average molecular weight is 434 g/mol. The van der Waals surface area contributed by atoms with E-state index in [0.29, 0.717) is 0 Å². The van der Waals surface area contributed by atoms with Crippen molar-refractivity contribution in [2.24, 2.45) is 10.4 Å². The number of ether oxygens (including phenoxy) is 2. The van der Waals surface area contributed by atoms with Crippen molar-refractivity contribution in [1.29, 1.82) is 0 Å². The smallest absolute Gasteiger partial charge is 0.313 e. The molecule has 0 bridgehead atoms. The number of hydrogen-bond donors (Lipinski definition) is 0. The molecule has 0 atom stereocenters. The van der Waals surface area contributed by atoms with E-state index >= 15 is 0 Å². The summed E-state index contributed by atoms with van der Waals surface area (Å²) in [6, 6.07) is 12.6. The second-order valence-corrected chi connectivity index (χ2v) is 9.23. The lowest BCUT2D eigenvalue weighted by molar-refractivity contribution is -0.148. The van der Waals surface area contributed by atoms with Gasteiger partial charge in [-0.3, -0.25) is 9.69 Å². The number of fused-ring (bicyclic) bond motifs is 2. The SMILES string of the molecule is CCc1ccc2c(c1)Oc1cc(C)ccc1N=C2N1CCN(CC2(C(=O)OC)CC2)CC1. The Labute approximate surface area is 189 Å². The van der Waals surface area contributed by atoms with Crippen LogP contribution in [0.25, 0.3) is 0 Å². The molecule has 0 aromatic heterocycles. The molecule has 2 aromatic carbocycles. The quantitative estimate of drug-likeness (QED) is 0.673. The maximum atomic E-state index is 12.2. The van der Waals surface area contributed by atoms with Crippen LogP contribution >= 0.6 is 0 Å². The van der Waals surface area contributed by atoms with Crippen LogP contribution in [-0.2, 0) is 16.0 Å². The number of piperazine rings is 1. The monoisotopic (exact) mass is 433 g/mol. The zero-order valence-electron chi connectivity index (χ0n) is 19.2. The summed E-state index contributed by atoms with van der Waals surface area (Å²) in [4.78, 5) is 22.0. The lowest BCUT2D eigenvalue weighted by Gasteiger charge is -2.37. The third-order valence-corrected chi connectivity index (χ3v) is 6.93. The summed E-state index contributed by atoms with van der Waals surface area (Å²) < 4.78 is 11.4. The molecule has 0 radical (unpaired) electrons. The first-order valence-corrected chi connectivity index (χ1v) is 11.6. The summed E-state index contributed by atoms with van der Waals surface area (Å²) in [5, 5.41) is 0. The standard InChI is InChI=1S/C26H31N3O3/c1-4-19-6-7-20-22(16-19)32-23-15-18(2)5-8-21(23)27-24(20)29-13-11-28(12-14-29)17-26(9-10-26)25(30)31-3/h5-8,15-16H,4,9-14,17H2,1-3H3. The van der Waals surface area contributed by atoms with Gasteiger partial charge in [0.1, 0.15) is 17.3 Å².